The summed E-state index contributed by atoms with van der Waals surface area (Å²) in [4.78, 5) is 7.89. The summed E-state index contributed by atoms with van der Waals surface area (Å²) in [6.45, 7) is 2.23. The molecule has 0 fully saturated rings. The van der Waals surface area contributed by atoms with E-state index in [1.54, 1.807) is 6.07 Å². The van der Waals surface area contributed by atoms with Gasteiger partial charge in [0.15, 0.2) is 0 Å². The highest BCUT2D eigenvalue weighted by Gasteiger charge is 2.00. The Morgan fingerprint density at radius 3 is 3.00 bits per heavy atom. The molecule has 0 aliphatic heterocycles. The van der Waals surface area contributed by atoms with Crippen molar-refractivity contribution in [2.45, 2.75) is 13.3 Å². The lowest BCUT2D eigenvalue weighted by atomic mass is 10.5. The molecule has 1 aromatic heterocycles. The van der Waals surface area contributed by atoms with E-state index in [4.69, 9.17) is 22.8 Å². The molecule has 1 heterocycles. The molecule has 0 spiro atoms. The molecule has 3 nitrogen and oxygen atoms in total. The van der Waals surface area contributed by atoms with E-state index in [2.05, 4.69) is 15.9 Å². The SMILES string of the molecule is C#CCCOc1nc(C)cc(Cl)n1. The lowest BCUT2D eigenvalue weighted by Gasteiger charge is -2.02. The molecule has 0 N–H and O–H groups in total. The number of hydrogen-bond donors (Lipinski definition) is 0. The Bertz CT molecular complexity index is 313. The fourth-order valence-electron chi connectivity index (χ4n) is 0.770. The van der Waals surface area contributed by atoms with Crippen LogP contribution in [0.3, 0.4) is 0 Å². The molecule has 1 rings (SSSR count). The van der Waals surface area contributed by atoms with E-state index in [0.717, 1.165) is 5.69 Å². The number of aryl methyl sites for hydroxylation is 1. The van der Waals surface area contributed by atoms with E-state index in [1.807, 2.05) is 6.92 Å². The Hall–Kier alpha value is -1.27. The van der Waals surface area contributed by atoms with Crippen molar-refractivity contribution in [2.24, 2.45) is 0 Å². The van der Waals surface area contributed by atoms with Crippen molar-refractivity contribution in [2.75, 3.05) is 6.61 Å². The molecular weight excluding hydrogens is 188 g/mol. The van der Waals surface area contributed by atoms with Crippen LogP contribution in [-0.2, 0) is 0 Å². The van der Waals surface area contributed by atoms with Gasteiger partial charge in [0.05, 0.1) is 0 Å². The number of hydrogen-bond acceptors (Lipinski definition) is 3. The van der Waals surface area contributed by atoms with Crippen molar-refractivity contribution in [3.8, 4) is 18.4 Å². The third-order valence-corrected chi connectivity index (χ3v) is 1.47. The number of terminal acetylenes is 1. The summed E-state index contributed by atoms with van der Waals surface area (Å²) >= 11 is 5.69. The zero-order valence-corrected chi connectivity index (χ0v) is 8.01. The molecule has 68 valence electrons. The molecule has 0 unspecified atom stereocenters. The zero-order valence-electron chi connectivity index (χ0n) is 7.25. The Morgan fingerprint density at radius 2 is 2.38 bits per heavy atom. The third kappa shape index (κ3) is 3.30. The minimum absolute atomic E-state index is 0.278. The van der Waals surface area contributed by atoms with Gasteiger partial charge in [0, 0.05) is 12.1 Å². The first-order chi connectivity index (χ1) is 6.22. The van der Waals surface area contributed by atoms with E-state index >= 15 is 0 Å². The van der Waals surface area contributed by atoms with Crippen molar-refractivity contribution < 1.29 is 4.74 Å². The van der Waals surface area contributed by atoms with Crippen molar-refractivity contribution >= 4 is 11.6 Å². The number of halogens is 1. The van der Waals surface area contributed by atoms with E-state index in [-0.39, 0.29) is 6.01 Å². The summed E-state index contributed by atoms with van der Waals surface area (Å²) in [5.74, 6) is 2.45. The van der Waals surface area contributed by atoms with Gasteiger partial charge >= 0.3 is 6.01 Å². The summed E-state index contributed by atoms with van der Waals surface area (Å²) in [5, 5.41) is 0.378. The molecule has 0 bridgehead atoms. The Morgan fingerprint density at radius 1 is 1.62 bits per heavy atom. The zero-order chi connectivity index (χ0) is 9.68. The smallest absolute Gasteiger partial charge is 0.318 e. The highest BCUT2D eigenvalue weighted by atomic mass is 35.5. The van der Waals surface area contributed by atoms with Crippen LogP contribution in [0.25, 0.3) is 0 Å². The number of ether oxygens (including phenoxy) is 1. The van der Waals surface area contributed by atoms with Crippen molar-refractivity contribution in [3.05, 3.63) is 16.9 Å². The quantitative estimate of drug-likeness (QED) is 0.420. The van der Waals surface area contributed by atoms with Crippen molar-refractivity contribution in [3.63, 3.8) is 0 Å². The lowest BCUT2D eigenvalue weighted by molar-refractivity contribution is 0.300. The third-order valence-electron chi connectivity index (χ3n) is 1.28. The molecule has 0 aromatic carbocycles. The van der Waals surface area contributed by atoms with Crippen LogP contribution in [-0.4, -0.2) is 16.6 Å². The van der Waals surface area contributed by atoms with Crippen LogP contribution in [0.15, 0.2) is 6.07 Å². The predicted molar refractivity (Wildman–Crippen MR) is 50.7 cm³/mol. The first-order valence-corrected chi connectivity index (χ1v) is 4.17. The highest BCUT2D eigenvalue weighted by Crippen LogP contribution is 2.11. The minimum atomic E-state index is 0.278. The monoisotopic (exact) mass is 196 g/mol. The Kier molecular flexibility index (Phi) is 3.53. The summed E-state index contributed by atoms with van der Waals surface area (Å²) in [6.07, 6.45) is 5.59. The van der Waals surface area contributed by atoms with Crippen LogP contribution < -0.4 is 4.74 Å². The second kappa shape index (κ2) is 4.68. The topological polar surface area (TPSA) is 35.0 Å². The normalized spacial score (nSPS) is 9.31. The number of rotatable bonds is 3. The molecule has 0 radical (unpaired) electrons. The van der Waals surface area contributed by atoms with Crippen molar-refractivity contribution in [1.82, 2.24) is 9.97 Å². The summed E-state index contributed by atoms with van der Waals surface area (Å²) in [7, 11) is 0. The van der Waals surface area contributed by atoms with Gasteiger partial charge in [-0.25, -0.2) is 4.98 Å². The molecule has 1 aromatic rings. The van der Waals surface area contributed by atoms with Crippen LogP contribution in [0.4, 0.5) is 0 Å². The van der Waals surface area contributed by atoms with Gasteiger partial charge in [-0.15, -0.1) is 12.3 Å². The molecule has 0 aliphatic carbocycles. The fourth-order valence-corrected chi connectivity index (χ4v) is 1.00. The van der Waals surface area contributed by atoms with Gasteiger partial charge in [-0.05, 0) is 13.0 Å². The van der Waals surface area contributed by atoms with E-state index in [9.17, 15) is 0 Å². The summed E-state index contributed by atoms with van der Waals surface area (Å²) in [6, 6.07) is 1.94. The van der Waals surface area contributed by atoms with Crippen molar-refractivity contribution in [1.29, 1.82) is 0 Å². The van der Waals surface area contributed by atoms with Crippen LogP contribution in [0.2, 0.25) is 5.15 Å². The second-order valence-electron chi connectivity index (χ2n) is 2.42. The molecule has 0 amide bonds. The van der Waals surface area contributed by atoms with Gasteiger partial charge in [0.2, 0.25) is 0 Å². The van der Waals surface area contributed by atoms with Gasteiger partial charge in [0.25, 0.3) is 0 Å². The second-order valence-corrected chi connectivity index (χ2v) is 2.80. The maximum absolute atomic E-state index is 5.69. The number of aromatic nitrogens is 2. The lowest BCUT2D eigenvalue weighted by Crippen LogP contribution is -2.01. The van der Waals surface area contributed by atoms with Crippen LogP contribution in [0, 0.1) is 19.3 Å². The van der Waals surface area contributed by atoms with Gasteiger partial charge in [-0.1, -0.05) is 11.6 Å². The molecular formula is C9H9ClN2O. The minimum Gasteiger partial charge on any atom is -0.462 e. The first-order valence-electron chi connectivity index (χ1n) is 3.80. The average Bonchev–Trinajstić information content (AvgIpc) is 2.03. The largest absolute Gasteiger partial charge is 0.462 e. The molecule has 0 atom stereocenters. The number of nitrogens with zero attached hydrogens (tertiary/aromatic N) is 2. The molecule has 0 saturated heterocycles. The Labute approximate surface area is 82.1 Å². The highest BCUT2D eigenvalue weighted by molar-refractivity contribution is 6.29. The van der Waals surface area contributed by atoms with E-state index in [1.165, 1.54) is 0 Å². The van der Waals surface area contributed by atoms with Gasteiger partial charge < -0.3 is 4.74 Å². The maximum Gasteiger partial charge on any atom is 0.318 e. The van der Waals surface area contributed by atoms with Gasteiger partial charge in [0.1, 0.15) is 11.8 Å². The maximum atomic E-state index is 5.69. The van der Waals surface area contributed by atoms with Crippen LogP contribution >= 0.6 is 11.6 Å². The average molecular weight is 197 g/mol. The van der Waals surface area contributed by atoms with E-state index < -0.39 is 0 Å². The molecule has 0 aliphatic rings. The van der Waals surface area contributed by atoms with Gasteiger partial charge in [-0.3, -0.25) is 0 Å². The summed E-state index contributed by atoms with van der Waals surface area (Å²) in [5.41, 5.74) is 0.774. The molecule has 13 heavy (non-hydrogen) atoms. The van der Waals surface area contributed by atoms with Gasteiger partial charge in [-0.2, -0.15) is 4.98 Å². The fraction of sp³-hybridized carbons (Fsp3) is 0.333. The van der Waals surface area contributed by atoms with E-state index in [0.29, 0.717) is 18.2 Å². The van der Waals surface area contributed by atoms with Crippen LogP contribution in [0.5, 0.6) is 6.01 Å². The standard InChI is InChI=1S/C9H9ClN2O/c1-3-4-5-13-9-11-7(2)6-8(10)12-9/h1,6H,4-5H2,2H3. The summed E-state index contributed by atoms with van der Waals surface area (Å²) < 4.78 is 5.16. The predicted octanol–water partition coefficient (Wildman–Crippen LogP) is 1.84. The van der Waals surface area contributed by atoms with Crippen LogP contribution in [0.1, 0.15) is 12.1 Å². The first kappa shape index (κ1) is 9.82. The Balaban J connectivity index is 2.62. The molecule has 4 heteroatoms. The molecule has 0 saturated carbocycles.